The van der Waals surface area contributed by atoms with E-state index in [-0.39, 0.29) is 19.2 Å². The second-order valence-corrected chi connectivity index (χ2v) is 6.84. The predicted molar refractivity (Wildman–Crippen MR) is 102 cm³/mol. The van der Waals surface area contributed by atoms with Crippen molar-refractivity contribution < 1.29 is 32.7 Å². The van der Waals surface area contributed by atoms with Gasteiger partial charge >= 0.3 is 12.2 Å². The van der Waals surface area contributed by atoms with Gasteiger partial charge < -0.3 is 28.5 Å². The summed E-state index contributed by atoms with van der Waals surface area (Å²) in [5.74, 6) is -0.152. The Labute approximate surface area is 171 Å². The molecule has 2 fully saturated rings. The summed E-state index contributed by atoms with van der Waals surface area (Å²) in [7, 11) is 1.33. The van der Waals surface area contributed by atoms with E-state index in [0.29, 0.717) is 43.4 Å². The summed E-state index contributed by atoms with van der Waals surface area (Å²) in [5, 5.41) is 3.62. The number of anilines is 2. The van der Waals surface area contributed by atoms with E-state index in [4.69, 9.17) is 14.2 Å². The fraction of sp³-hybridized carbons (Fsp3) is 0.421. The van der Waals surface area contributed by atoms with Crippen LogP contribution in [-0.4, -0.2) is 74.8 Å². The van der Waals surface area contributed by atoms with Crippen molar-refractivity contribution in [3.05, 3.63) is 36.3 Å². The van der Waals surface area contributed by atoms with Crippen LogP contribution >= 0.6 is 0 Å². The summed E-state index contributed by atoms with van der Waals surface area (Å²) < 4.78 is 34.9. The molecule has 3 heterocycles. The minimum Gasteiger partial charge on any atom is -0.471 e. The molecule has 2 amide bonds. The third-order valence-electron chi connectivity index (χ3n) is 5.00. The first-order valence-electron chi connectivity index (χ1n) is 9.44. The SMILES string of the molecule is COC(=O)N1CCN(c2ccc(N3CC(COc4ccon4)OC3=O)cc2F)CC1. The van der Waals surface area contributed by atoms with Gasteiger partial charge in [0.15, 0.2) is 6.10 Å². The maximum atomic E-state index is 14.8. The molecule has 10 nitrogen and oxygen atoms in total. The van der Waals surface area contributed by atoms with Crippen molar-refractivity contribution in [1.29, 1.82) is 0 Å². The number of hydrogen-bond acceptors (Lipinski definition) is 8. The number of ether oxygens (including phenoxy) is 3. The number of benzene rings is 1. The van der Waals surface area contributed by atoms with Crippen LogP contribution in [0.2, 0.25) is 0 Å². The molecular formula is C19H21FN4O6. The van der Waals surface area contributed by atoms with Crippen LogP contribution < -0.4 is 14.5 Å². The van der Waals surface area contributed by atoms with Crippen LogP contribution in [0, 0.1) is 5.82 Å². The van der Waals surface area contributed by atoms with Crippen LogP contribution in [-0.2, 0) is 9.47 Å². The molecule has 1 atom stereocenters. The molecule has 2 aliphatic heterocycles. The first kappa shape index (κ1) is 19.8. The summed E-state index contributed by atoms with van der Waals surface area (Å²) in [6, 6.07) is 6.16. The van der Waals surface area contributed by atoms with Crippen LogP contribution in [0.4, 0.5) is 25.4 Å². The van der Waals surface area contributed by atoms with Gasteiger partial charge in [0.1, 0.15) is 18.7 Å². The Balaban J connectivity index is 1.37. The summed E-state index contributed by atoms with van der Waals surface area (Å²) in [4.78, 5) is 28.6. The van der Waals surface area contributed by atoms with Gasteiger partial charge in [-0.1, -0.05) is 0 Å². The number of rotatable bonds is 5. The number of nitrogens with zero attached hydrogens (tertiary/aromatic N) is 4. The highest BCUT2D eigenvalue weighted by Gasteiger charge is 2.33. The maximum Gasteiger partial charge on any atom is 0.414 e. The Morgan fingerprint density at radius 2 is 2.07 bits per heavy atom. The lowest BCUT2D eigenvalue weighted by atomic mass is 10.2. The first-order chi connectivity index (χ1) is 14.5. The number of hydrogen-bond donors (Lipinski definition) is 0. The third kappa shape index (κ3) is 4.09. The van der Waals surface area contributed by atoms with E-state index in [9.17, 15) is 14.0 Å². The van der Waals surface area contributed by atoms with Crippen molar-refractivity contribution in [3.63, 3.8) is 0 Å². The minimum atomic E-state index is -0.567. The highest BCUT2D eigenvalue weighted by Crippen LogP contribution is 2.28. The van der Waals surface area contributed by atoms with E-state index in [0.717, 1.165) is 0 Å². The number of amides is 2. The van der Waals surface area contributed by atoms with Gasteiger partial charge in [-0.15, -0.1) is 0 Å². The van der Waals surface area contributed by atoms with Crippen molar-refractivity contribution in [3.8, 4) is 5.88 Å². The Morgan fingerprint density at radius 1 is 1.27 bits per heavy atom. The number of piperazine rings is 1. The molecule has 0 spiro atoms. The van der Waals surface area contributed by atoms with Crippen molar-refractivity contribution >= 4 is 23.6 Å². The number of carbonyl (C=O) groups excluding carboxylic acids is 2. The monoisotopic (exact) mass is 420 g/mol. The molecule has 30 heavy (non-hydrogen) atoms. The van der Waals surface area contributed by atoms with E-state index < -0.39 is 18.0 Å². The molecule has 11 heteroatoms. The highest BCUT2D eigenvalue weighted by atomic mass is 19.1. The van der Waals surface area contributed by atoms with E-state index in [1.165, 1.54) is 24.3 Å². The van der Waals surface area contributed by atoms with E-state index in [1.807, 2.05) is 4.90 Å². The summed E-state index contributed by atoms with van der Waals surface area (Å²) in [6.07, 6.45) is -0.0897. The topological polar surface area (TPSA) is 97.6 Å². The zero-order valence-corrected chi connectivity index (χ0v) is 16.3. The van der Waals surface area contributed by atoms with Crippen molar-refractivity contribution in [2.24, 2.45) is 0 Å². The first-order valence-corrected chi connectivity index (χ1v) is 9.44. The number of aromatic nitrogens is 1. The predicted octanol–water partition coefficient (Wildman–Crippen LogP) is 2.11. The van der Waals surface area contributed by atoms with Gasteiger partial charge in [0.25, 0.3) is 5.88 Å². The number of methoxy groups -OCH3 is 1. The van der Waals surface area contributed by atoms with Gasteiger partial charge in [0, 0.05) is 32.2 Å². The molecule has 2 saturated heterocycles. The quantitative estimate of drug-likeness (QED) is 0.726. The molecule has 160 valence electrons. The highest BCUT2D eigenvalue weighted by molar-refractivity contribution is 5.90. The van der Waals surface area contributed by atoms with Crippen molar-refractivity contribution in [1.82, 2.24) is 10.1 Å². The lowest BCUT2D eigenvalue weighted by Crippen LogP contribution is -2.49. The standard InChI is InChI=1S/C19H21FN4O6/c1-27-18(25)23-7-5-22(6-8-23)16-3-2-13(10-15(16)20)24-11-14(30-19(24)26)12-28-17-4-9-29-21-17/h2-4,9-10,14H,5-8,11-12H2,1H3. The van der Waals surface area contributed by atoms with Crippen LogP contribution in [0.5, 0.6) is 5.88 Å². The van der Waals surface area contributed by atoms with Gasteiger partial charge in [-0.05, 0) is 23.4 Å². The molecule has 0 bridgehead atoms. The van der Waals surface area contributed by atoms with Gasteiger partial charge in [-0.25, -0.2) is 14.0 Å². The van der Waals surface area contributed by atoms with E-state index >= 15 is 0 Å². The van der Waals surface area contributed by atoms with Crippen LogP contribution in [0.25, 0.3) is 0 Å². The molecule has 0 radical (unpaired) electrons. The Kier molecular flexibility index (Phi) is 5.59. The normalized spacial score (nSPS) is 19.1. The van der Waals surface area contributed by atoms with Crippen molar-refractivity contribution in [2.45, 2.75) is 6.10 Å². The van der Waals surface area contributed by atoms with Gasteiger partial charge in [0.05, 0.1) is 25.0 Å². The molecule has 4 rings (SSSR count). The molecular weight excluding hydrogens is 399 g/mol. The summed E-state index contributed by atoms with van der Waals surface area (Å²) in [6.45, 7) is 2.20. The Bertz CT molecular complexity index is 900. The fourth-order valence-electron chi connectivity index (χ4n) is 3.45. The van der Waals surface area contributed by atoms with Gasteiger partial charge in [0.2, 0.25) is 0 Å². The van der Waals surface area contributed by atoms with Crippen LogP contribution in [0.15, 0.2) is 35.1 Å². The second-order valence-electron chi connectivity index (χ2n) is 6.84. The van der Waals surface area contributed by atoms with Crippen LogP contribution in [0.3, 0.4) is 0 Å². The number of halogens is 1. The molecule has 2 aromatic rings. The second kappa shape index (κ2) is 8.47. The zero-order chi connectivity index (χ0) is 21.1. The zero-order valence-electron chi connectivity index (χ0n) is 16.3. The van der Waals surface area contributed by atoms with Gasteiger partial charge in [-0.3, -0.25) is 4.90 Å². The van der Waals surface area contributed by atoms with Gasteiger partial charge in [-0.2, -0.15) is 0 Å². The average molecular weight is 420 g/mol. The van der Waals surface area contributed by atoms with E-state index in [1.54, 1.807) is 23.1 Å². The smallest absolute Gasteiger partial charge is 0.414 e. The summed E-state index contributed by atoms with van der Waals surface area (Å²) >= 11 is 0. The fourth-order valence-corrected chi connectivity index (χ4v) is 3.45. The van der Waals surface area contributed by atoms with Crippen molar-refractivity contribution in [2.75, 3.05) is 56.2 Å². The molecule has 1 aromatic carbocycles. The molecule has 0 N–H and O–H groups in total. The Morgan fingerprint density at radius 3 is 2.73 bits per heavy atom. The average Bonchev–Trinajstić information content (AvgIpc) is 3.41. The third-order valence-corrected chi connectivity index (χ3v) is 5.00. The molecule has 0 saturated carbocycles. The maximum absolute atomic E-state index is 14.8. The Hall–Kier alpha value is -3.50. The lowest BCUT2D eigenvalue weighted by molar-refractivity contribution is 0.101. The number of cyclic esters (lactones) is 1. The molecule has 1 unspecified atom stereocenters. The molecule has 2 aliphatic rings. The van der Waals surface area contributed by atoms with E-state index in [2.05, 4.69) is 9.68 Å². The molecule has 0 aliphatic carbocycles. The molecule has 1 aromatic heterocycles. The lowest BCUT2D eigenvalue weighted by Gasteiger charge is -2.35. The number of carbonyl (C=O) groups is 2. The summed E-state index contributed by atoms with van der Waals surface area (Å²) in [5.41, 5.74) is 0.820. The largest absolute Gasteiger partial charge is 0.471 e. The minimum absolute atomic E-state index is 0.111. The van der Waals surface area contributed by atoms with Crippen LogP contribution in [0.1, 0.15) is 0 Å².